The Morgan fingerprint density at radius 2 is 2.24 bits per heavy atom. The molecule has 0 spiro atoms. The van der Waals surface area contributed by atoms with E-state index in [0.717, 1.165) is 0 Å². The molecule has 5 heteroatoms. The van der Waals surface area contributed by atoms with Crippen LogP contribution >= 0.6 is 0 Å². The number of hydrogen-bond donors (Lipinski definition) is 3. The van der Waals surface area contributed by atoms with Gasteiger partial charge in [0.2, 0.25) is 0 Å². The third-order valence-corrected chi connectivity index (χ3v) is 2.44. The molecule has 1 rings (SSSR count). The van der Waals surface area contributed by atoms with Gasteiger partial charge in [-0.3, -0.25) is 0 Å². The molecule has 0 aliphatic rings. The van der Waals surface area contributed by atoms with Crippen LogP contribution in [0.2, 0.25) is 0 Å². The molecule has 1 aromatic carbocycles. The van der Waals surface area contributed by atoms with Gasteiger partial charge in [-0.2, -0.15) is 0 Å². The summed E-state index contributed by atoms with van der Waals surface area (Å²) in [7, 11) is 0. The molecular formula is C12H16FNO3. The quantitative estimate of drug-likeness (QED) is 0.704. The first-order chi connectivity index (χ1) is 8.04. The highest BCUT2D eigenvalue weighted by Gasteiger charge is 2.10. The van der Waals surface area contributed by atoms with E-state index in [-0.39, 0.29) is 5.56 Å². The molecule has 0 aromatic heterocycles. The van der Waals surface area contributed by atoms with Gasteiger partial charge in [0.05, 0.1) is 11.7 Å². The monoisotopic (exact) mass is 241 g/mol. The van der Waals surface area contributed by atoms with E-state index in [1.807, 2.05) is 6.92 Å². The Hall–Kier alpha value is -1.46. The van der Waals surface area contributed by atoms with Crippen molar-refractivity contribution in [1.29, 1.82) is 0 Å². The number of aliphatic hydroxyl groups excluding tert-OH is 1. The molecule has 0 heterocycles. The van der Waals surface area contributed by atoms with Crippen molar-refractivity contribution in [3.63, 3.8) is 0 Å². The number of carbonyl (C=O) groups is 1. The van der Waals surface area contributed by atoms with Crippen molar-refractivity contribution in [2.75, 3.05) is 6.54 Å². The van der Waals surface area contributed by atoms with Crippen molar-refractivity contribution in [3.8, 4) is 0 Å². The van der Waals surface area contributed by atoms with Gasteiger partial charge in [0, 0.05) is 13.1 Å². The Morgan fingerprint density at radius 3 is 2.76 bits per heavy atom. The van der Waals surface area contributed by atoms with Gasteiger partial charge in [-0.1, -0.05) is 13.0 Å². The topological polar surface area (TPSA) is 69.6 Å². The van der Waals surface area contributed by atoms with Gasteiger partial charge in [0.1, 0.15) is 5.82 Å². The first kappa shape index (κ1) is 13.6. The number of carboxylic acid groups (broad SMARTS) is 1. The van der Waals surface area contributed by atoms with Gasteiger partial charge in [-0.05, 0) is 24.1 Å². The molecule has 0 aliphatic carbocycles. The van der Waals surface area contributed by atoms with Crippen LogP contribution in [0.25, 0.3) is 0 Å². The molecule has 17 heavy (non-hydrogen) atoms. The lowest BCUT2D eigenvalue weighted by Gasteiger charge is -2.09. The zero-order valence-corrected chi connectivity index (χ0v) is 9.61. The van der Waals surface area contributed by atoms with Crippen LogP contribution in [0, 0.1) is 5.82 Å². The van der Waals surface area contributed by atoms with Crippen molar-refractivity contribution in [3.05, 3.63) is 35.1 Å². The average Bonchev–Trinajstić information content (AvgIpc) is 2.28. The number of nitrogens with one attached hydrogen (secondary N) is 1. The minimum atomic E-state index is -1.27. The standard InChI is InChI=1S/C12H16FNO3/c1-2-9(15)7-14-6-8-3-4-10(12(16)17)11(13)5-8/h3-5,9,14-15H,2,6-7H2,1H3,(H,16,17). The second-order valence-corrected chi connectivity index (χ2v) is 3.81. The van der Waals surface area contributed by atoms with Crippen molar-refractivity contribution < 1.29 is 19.4 Å². The Labute approximate surface area is 99.1 Å². The van der Waals surface area contributed by atoms with Crippen LogP contribution in [0.3, 0.4) is 0 Å². The molecule has 3 N–H and O–H groups in total. The lowest BCUT2D eigenvalue weighted by molar-refractivity contribution is 0.0692. The summed E-state index contributed by atoms with van der Waals surface area (Å²) in [5.41, 5.74) is 0.318. The maximum atomic E-state index is 13.3. The highest BCUT2D eigenvalue weighted by atomic mass is 19.1. The lowest BCUT2D eigenvalue weighted by Crippen LogP contribution is -2.25. The van der Waals surface area contributed by atoms with Gasteiger partial charge in [-0.25, -0.2) is 9.18 Å². The molecule has 0 bridgehead atoms. The van der Waals surface area contributed by atoms with Crippen LogP contribution < -0.4 is 5.32 Å². The predicted octanol–water partition coefficient (Wildman–Crippen LogP) is 1.38. The van der Waals surface area contributed by atoms with Gasteiger partial charge in [0.15, 0.2) is 0 Å². The molecule has 0 radical (unpaired) electrons. The molecular weight excluding hydrogens is 225 g/mol. The SMILES string of the molecule is CCC(O)CNCc1ccc(C(=O)O)c(F)c1. The molecule has 4 nitrogen and oxygen atoms in total. The number of aromatic carboxylic acids is 1. The summed E-state index contributed by atoms with van der Waals surface area (Å²) in [5.74, 6) is -2.02. The Kier molecular flexibility index (Phi) is 5.06. The molecule has 0 saturated heterocycles. The molecule has 1 aromatic rings. The highest BCUT2D eigenvalue weighted by molar-refractivity contribution is 5.87. The fraction of sp³-hybridized carbons (Fsp3) is 0.417. The summed E-state index contributed by atoms with van der Waals surface area (Å²) in [5, 5.41) is 20.9. The summed E-state index contributed by atoms with van der Waals surface area (Å²) in [6, 6.07) is 3.98. The number of aliphatic hydroxyl groups is 1. The summed E-state index contributed by atoms with van der Waals surface area (Å²) < 4.78 is 13.3. The van der Waals surface area contributed by atoms with E-state index >= 15 is 0 Å². The van der Waals surface area contributed by atoms with E-state index in [0.29, 0.717) is 25.1 Å². The van der Waals surface area contributed by atoms with Crippen molar-refractivity contribution in [2.24, 2.45) is 0 Å². The zero-order chi connectivity index (χ0) is 12.8. The highest BCUT2D eigenvalue weighted by Crippen LogP contribution is 2.10. The van der Waals surface area contributed by atoms with Crippen molar-refractivity contribution in [2.45, 2.75) is 26.0 Å². The van der Waals surface area contributed by atoms with E-state index in [1.54, 1.807) is 6.07 Å². The van der Waals surface area contributed by atoms with E-state index in [4.69, 9.17) is 5.11 Å². The zero-order valence-electron chi connectivity index (χ0n) is 9.61. The van der Waals surface area contributed by atoms with E-state index < -0.39 is 17.9 Å². The third kappa shape index (κ3) is 4.13. The summed E-state index contributed by atoms with van der Waals surface area (Å²) in [6.45, 7) is 2.69. The number of rotatable bonds is 6. The Balaban J connectivity index is 2.56. The van der Waals surface area contributed by atoms with Crippen LogP contribution in [0.5, 0.6) is 0 Å². The maximum Gasteiger partial charge on any atom is 0.338 e. The molecule has 1 atom stereocenters. The van der Waals surface area contributed by atoms with Gasteiger partial charge in [0.25, 0.3) is 0 Å². The molecule has 1 unspecified atom stereocenters. The largest absolute Gasteiger partial charge is 0.478 e. The number of hydrogen-bond acceptors (Lipinski definition) is 3. The van der Waals surface area contributed by atoms with Crippen molar-refractivity contribution in [1.82, 2.24) is 5.32 Å². The summed E-state index contributed by atoms with van der Waals surface area (Å²) in [6.07, 6.45) is 0.234. The first-order valence-electron chi connectivity index (χ1n) is 5.45. The molecule has 94 valence electrons. The summed E-state index contributed by atoms with van der Waals surface area (Å²) >= 11 is 0. The first-order valence-corrected chi connectivity index (χ1v) is 5.45. The second-order valence-electron chi connectivity index (χ2n) is 3.81. The van der Waals surface area contributed by atoms with Crippen LogP contribution in [-0.4, -0.2) is 28.8 Å². The van der Waals surface area contributed by atoms with E-state index in [2.05, 4.69) is 5.32 Å². The molecule has 0 saturated carbocycles. The van der Waals surface area contributed by atoms with Crippen LogP contribution in [0.1, 0.15) is 29.3 Å². The lowest BCUT2D eigenvalue weighted by atomic mass is 10.1. The molecule has 0 fully saturated rings. The second kappa shape index (κ2) is 6.32. The van der Waals surface area contributed by atoms with E-state index in [1.165, 1.54) is 12.1 Å². The predicted molar refractivity (Wildman–Crippen MR) is 61.4 cm³/mol. The third-order valence-electron chi connectivity index (χ3n) is 2.44. The van der Waals surface area contributed by atoms with Gasteiger partial charge < -0.3 is 15.5 Å². The van der Waals surface area contributed by atoms with Crippen molar-refractivity contribution >= 4 is 5.97 Å². The number of benzene rings is 1. The molecule has 0 amide bonds. The van der Waals surface area contributed by atoms with Crippen LogP contribution in [0.15, 0.2) is 18.2 Å². The fourth-order valence-corrected chi connectivity index (χ4v) is 1.37. The Bertz CT molecular complexity index is 395. The Morgan fingerprint density at radius 1 is 1.53 bits per heavy atom. The van der Waals surface area contributed by atoms with Gasteiger partial charge >= 0.3 is 5.97 Å². The minimum absolute atomic E-state index is 0.331. The fourth-order valence-electron chi connectivity index (χ4n) is 1.37. The normalized spacial score (nSPS) is 12.4. The number of carboxylic acids is 1. The van der Waals surface area contributed by atoms with Crippen LogP contribution in [-0.2, 0) is 6.54 Å². The smallest absolute Gasteiger partial charge is 0.338 e. The van der Waals surface area contributed by atoms with Gasteiger partial charge in [-0.15, -0.1) is 0 Å². The minimum Gasteiger partial charge on any atom is -0.478 e. The van der Waals surface area contributed by atoms with E-state index in [9.17, 15) is 14.3 Å². The van der Waals surface area contributed by atoms with Crippen LogP contribution in [0.4, 0.5) is 4.39 Å². The molecule has 0 aliphatic heterocycles. The average molecular weight is 241 g/mol. The number of halogens is 1. The maximum absolute atomic E-state index is 13.3. The summed E-state index contributed by atoms with van der Waals surface area (Å²) in [4.78, 5) is 10.6.